The average Bonchev–Trinajstić information content (AvgIpc) is 2.74. The summed E-state index contributed by atoms with van der Waals surface area (Å²) in [6, 6.07) is 22.0. The Morgan fingerprint density at radius 1 is 0.893 bits per heavy atom. The van der Waals surface area contributed by atoms with Gasteiger partial charge in [0.2, 0.25) is 5.95 Å². The number of nitrogens with zero attached hydrogens (tertiary/aromatic N) is 5. The molecule has 0 saturated carbocycles. The molecule has 0 bridgehead atoms. The summed E-state index contributed by atoms with van der Waals surface area (Å²) < 4.78 is 0. The van der Waals surface area contributed by atoms with Crippen LogP contribution in [0.5, 0.6) is 0 Å². The van der Waals surface area contributed by atoms with E-state index in [0.717, 1.165) is 49.3 Å². The Bertz CT molecular complexity index is 987. The molecule has 6 heteroatoms. The first kappa shape index (κ1) is 17.8. The Hall–Kier alpha value is -3.59. The number of piperazine rings is 1. The predicted molar refractivity (Wildman–Crippen MR) is 112 cm³/mol. The molecule has 1 aliphatic heterocycles. The van der Waals surface area contributed by atoms with Crippen LogP contribution in [0.15, 0.2) is 60.7 Å². The highest BCUT2D eigenvalue weighted by Crippen LogP contribution is 2.22. The largest absolute Gasteiger partial charge is 0.368 e. The lowest BCUT2D eigenvalue weighted by Gasteiger charge is -2.36. The first-order valence-corrected chi connectivity index (χ1v) is 9.39. The summed E-state index contributed by atoms with van der Waals surface area (Å²) in [7, 11) is 0. The number of anilines is 4. The van der Waals surface area contributed by atoms with Gasteiger partial charge in [-0.05, 0) is 37.3 Å². The fraction of sp³-hybridized carbons (Fsp3) is 0.227. The first-order chi connectivity index (χ1) is 13.7. The minimum Gasteiger partial charge on any atom is -0.368 e. The molecule has 0 amide bonds. The summed E-state index contributed by atoms with van der Waals surface area (Å²) >= 11 is 0. The molecule has 1 aromatic heterocycles. The van der Waals surface area contributed by atoms with Crippen molar-refractivity contribution in [1.29, 1.82) is 5.26 Å². The summed E-state index contributed by atoms with van der Waals surface area (Å²) in [5.74, 6) is 1.48. The Kier molecular flexibility index (Phi) is 5.07. The van der Waals surface area contributed by atoms with Gasteiger partial charge in [-0.25, -0.2) is 4.98 Å². The van der Waals surface area contributed by atoms with Crippen LogP contribution < -0.4 is 15.1 Å². The second-order valence-electron chi connectivity index (χ2n) is 6.82. The molecule has 2 heterocycles. The number of nitriles is 1. The Morgan fingerprint density at radius 2 is 1.64 bits per heavy atom. The van der Waals surface area contributed by atoms with E-state index < -0.39 is 0 Å². The van der Waals surface area contributed by atoms with E-state index in [1.54, 1.807) is 6.07 Å². The zero-order valence-corrected chi connectivity index (χ0v) is 15.8. The number of benzene rings is 2. The number of nitrogens with one attached hydrogen (secondary N) is 1. The summed E-state index contributed by atoms with van der Waals surface area (Å²) in [6.45, 7) is 5.61. The highest BCUT2D eigenvalue weighted by molar-refractivity contribution is 5.60. The molecule has 0 radical (unpaired) electrons. The van der Waals surface area contributed by atoms with Crippen molar-refractivity contribution in [2.45, 2.75) is 6.92 Å². The molecule has 1 saturated heterocycles. The molecule has 1 aliphatic rings. The molecule has 4 rings (SSSR count). The van der Waals surface area contributed by atoms with Crippen LogP contribution >= 0.6 is 0 Å². The molecule has 28 heavy (non-hydrogen) atoms. The SMILES string of the molecule is Cc1cc(Nc2cccc(C#N)c2)nc(N2CCN(c3ccccc3)CC2)n1. The monoisotopic (exact) mass is 370 g/mol. The van der Waals surface area contributed by atoms with Gasteiger partial charge in [-0.15, -0.1) is 0 Å². The maximum Gasteiger partial charge on any atom is 0.227 e. The number of aromatic nitrogens is 2. The average molecular weight is 370 g/mol. The predicted octanol–water partition coefficient (Wildman–Crippen LogP) is 3.73. The van der Waals surface area contributed by atoms with Crippen molar-refractivity contribution in [1.82, 2.24) is 9.97 Å². The van der Waals surface area contributed by atoms with E-state index in [1.807, 2.05) is 37.3 Å². The topological polar surface area (TPSA) is 68.1 Å². The first-order valence-electron chi connectivity index (χ1n) is 9.39. The third kappa shape index (κ3) is 4.04. The fourth-order valence-electron chi connectivity index (χ4n) is 3.38. The molecular formula is C22H22N6. The Balaban J connectivity index is 1.48. The zero-order chi connectivity index (χ0) is 19.3. The van der Waals surface area contributed by atoms with Crippen LogP contribution in [0.4, 0.5) is 23.1 Å². The van der Waals surface area contributed by atoms with Crippen molar-refractivity contribution >= 4 is 23.1 Å². The van der Waals surface area contributed by atoms with E-state index in [0.29, 0.717) is 5.56 Å². The lowest BCUT2D eigenvalue weighted by atomic mass is 10.2. The lowest BCUT2D eigenvalue weighted by molar-refractivity contribution is 0.639. The van der Waals surface area contributed by atoms with Crippen LogP contribution in [0, 0.1) is 18.3 Å². The Morgan fingerprint density at radius 3 is 2.39 bits per heavy atom. The smallest absolute Gasteiger partial charge is 0.227 e. The number of aryl methyl sites for hydroxylation is 1. The van der Waals surface area contributed by atoms with Gasteiger partial charge in [-0.3, -0.25) is 0 Å². The van der Waals surface area contributed by atoms with E-state index in [9.17, 15) is 0 Å². The van der Waals surface area contributed by atoms with Crippen molar-refractivity contribution in [3.05, 3.63) is 71.9 Å². The molecule has 1 N–H and O–H groups in total. The quantitative estimate of drug-likeness (QED) is 0.755. The van der Waals surface area contributed by atoms with Crippen LogP contribution in [0.3, 0.4) is 0 Å². The van der Waals surface area contributed by atoms with Crippen molar-refractivity contribution < 1.29 is 0 Å². The van der Waals surface area contributed by atoms with Gasteiger partial charge in [0.15, 0.2) is 0 Å². The molecule has 0 aliphatic carbocycles. The van der Waals surface area contributed by atoms with Crippen LogP contribution in [0.2, 0.25) is 0 Å². The molecule has 6 nitrogen and oxygen atoms in total. The summed E-state index contributed by atoms with van der Waals surface area (Å²) in [6.07, 6.45) is 0. The third-order valence-corrected chi connectivity index (χ3v) is 4.79. The third-order valence-electron chi connectivity index (χ3n) is 4.79. The highest BCUT2D eigenvalue weighted by Gasteiger charge is 2.20. The van der Waals surface area contributed by atoms with Gasteiger partial charge in [-0.2, -0.15) is 10.2 Å². The lowest BCUT2D eigenvalue weighted by Crippen LogP contribution is -2.47. The summed E-state index contributed by atoms with van der Waals surface area (Å²) in [5.41, 5.74) is 3.63. The van der Waals surface area contributed by atoms with Gasteiger partial charge in [0, 0.05) is 49.3 Å². The minimum atomic E-state index is 0.619. The van der Waals surface area contributed by atoms with E-state index in [2.05, 4.69) is 50.4 Å². The van der Waals surface area contributed by atoms with Crippen molar-refractivity contribution in [2.24, 2.45) is 0 Å². The van der Waals surface area contributed by atoms with E-state index in [1.165, 1.54) is 5.69 Å². The molecule has 0 atom stereocenters. The highest BCUT2D eigenvalue weighted by atomic mass is 15.3. The van der Waals surface area contributed by atoms with Crippen molar-refractivity contribution in [3.8, 4) is 6.07 Å². The van der Waals surface area contributed by atoms with E-state index >= 15 is 0 Å². The summed E-state index contributed by atoms with van der Waals surface area (Å²) in [4.78, 5) is 14.0. The zero-order valence-electron chi connectivity index (χ0n) is 15.8. The Labute approximate surface area is 165 Å². The number of hydrogen-bond donors (Lipinski definition) is 1. The minimum absolute atomic E-state index is 0.619. The molecule has 2 aromatic carbocycles. The van der Waals surface area contributed by atoms with Gasteiger partial charge in [0.25, 0.3) is 0 Å². The van der Waals surface area contributed by atoms with Gasteiger partial charge < -0.3 is 15.1 Å². The van der Waals surface area contributed by atoms with Crippen molar-refractivity contribution in [2.75, 3.05) is 41.3 Å². The van der Waals surface area contributed by atoms with E-state index in [4.69, 9.17) is 10.2 Å². The van der Waals surface area contributed by atoms with Gasteiger partial charge >= 0.3 is 0 Å². The number of para-hydroxylation sites is 1. The molecular weight excluding hydrogens is 348 g/mol. The van der Waals surface area contributed by atoms with Gasteiger partial charge in [-0.1, -0.05) is 24.3 Å². The van der Waals surface area contributed by atoms with Gasteiger partial charge in [0.05, 0.1) is 11.6 Å². The molecule has 1 fully saturated rings. The standard InChI is InChI=1S/C22H22N6/c1-17-14-21(25-19-7-5-6-18(15-19)16-23)26-22(24-17)28-12-10-27(11-13-28)20-8-3-2-4-9-20/h2-9,14-15H,10-13H2,1H3,(H,24,25,26). The molecule has 140 valence electrons. The number of rotatable bonds is 4. The van der Waals surface area contributed by atoms with Crippen LogP contribution in [-0.4, -0.2) is 36.1 Å². The second-order valence-corrected chi connectivity index (χ2v) is 6.82. The molecule has 0 spiro atoms. The van der Waals surface area contributed by atoms with Gasteiger partial charge in [0.1, 0.15) is 5.82 Å². The fourth-order valence-corrected chi connectivity index (χ4v) is 3.38. The summed E-state index contributed by atoms with van der Waals surface area (Å²) in [5, 5.41) is 12.4. The normalized spacial score (nSPS) is 13.9. The second kappa shape index (κ2) is 7.97. The van der Waals surface area contributed by atoms with Crippen LogP contribution in [-0.2, 0) is 0 Å². The maximum atomic E-state index is 9.08. The van der Waals surface area contributed by atoms with E-state index in [-0.39, 0.29) is 0 Å². The number of hydrogen-bond acceptors (Lipinski definition) is 6. The van der Waals surface area contributed by atoms with Crippen LogP contribution in [0.25, 0.3) is 0 Å². The van der Waals surface area contributed by atoms with Crippen LogP contribution in [0.1, 0.15) is 11.3 Å². The van der Waals surface area contributed by atoms with Crippen molar-refractivity contribution in [3.63, 3.8) is 0 Å². The molecule has 0 unspecified atom stereocenters. The molecule has 3 aromatic rings. The maximum absolute atomic E-state index is 9.08.